The first kappa shape index (κ1) is 9.15. The van der Waals surface area contributed by atoms with Gasteiger partial charge in [-0.25, -0.2) is 4.52 Å². The zero-order valence-corrected chi connectivity index (χ0v) is 8.40. The standard InChI is InChI=1S/C10H13N3O/c1-3-14-7-9-6-10-8(2)11-4-5-13(10)12-9/h4-6H,3,7H2,1-2H3. The molecule has 2 aromatic heterocycles. The van der Waals surface area contributed by atoms with Crippen LogP contribution in [-0.2, 0) is 11.3 Å². The molecule has 0 radical (unpaired) electrons. The molecule has 74 valence electrons. The van der Waals surface area contributed by atoms with E-state index in [9.17, 15) is 0 Å². The highest BCUT2D eigenvalue weighted by atomic mass is 16.5. The lowest BCUT2D eigenvalue weighted by molar-refractivity contribution is 0.131. The number of ether oxygens (including phenoxy) is 1. The van der Waals surface area contributed by atoms with Gasteiger partial charge in [0.1, 0.15) is 0 Å². The number of aromatic nitrogens is 3. The van der Waals surface area contributed by atoms with E-state index in [1.807, 2.05) is 30.6 Å². The van der Waals surface area contributed by atoms with Gasteiger partial charge in [-0.05, 0) is 19.9 Å². The highest BCUT2D eigenvalue weighted by Gasteiger charge is 2.03. The van der Waals surface area contributed by atoms with Crippen LogP contribution in [0, 0.1) is 6.92 Å². The molecule has 0 saturated heterocycles. The minimum atomic E-state index is 0.567. The van der Waals surface area contributed by atoms with Gasteiger partial charge < -0.3 is 4.74 Å². The normalized spacial score (nSPS) is 11.0. The smallest absolute Gasteiger partial charge is 0.0906 e. The summed E-state index contributed by atoms with van der Waals surface area (Å²) in [6, 6.07) is 2.01. The van der Waals surface area contributed by atoms with Gasteiger partial charge in [0, 0.05) is 19.0 Å². The molecule has 0 atom stereocenters. The number of fused-ring (bicyclic) bond motifs is 1. The summed E-state index contributed by atoms with van der Waals surface area (Å²) in [7, 11) is 0. The summed E-state index contributed by atoms with van der Waals surface area (Å²) in [5, 5.41) is 4.36. The quantitative estimate of drug-likeness (QED) is 0.739. The molecule has 2 heterocycles. The fourth-order valence-corrected chi connectivity index (χ4v) is 1.38. The van der Waals surface area contributed by atoms with E-state index in [0.717, 1.165) is 16.9 Å². The number of nitrogens with zero attached hydrogens (tertiary/aromatic N) is 3. The van der Waals surface area contributed by atoms with Gasteiger partial charge in [0.05, 0.1) is 23.5 Å². The molecule has 2 aromatic rings. The van der Waals surface area contributed by atoms with E-state index in [-0.39, 0.29) is 0 Å². The van der Waals surface area contributed by atoms with Crippen LogP contribution in [0.5, 0.6) is 0 Å². The third kappa shape index (κ3) is 1.61. The zero-order valence-electron chi connectivity index (χ0n) is 8.40. The molecular formula is C10H13N3O. The van der Waals surface area contributed by atoms with Gasteiger partial charge in [0.25, 0.3) is 0 Å². The van der Waals surface area contributed by atoms with Crippen LogP contribution in [0.25, 0.3) is 5.52 Å². The van der Waals surface area contributed by atoms with E-state index < -0.39 is 0 Å². The molecule has 0 fully saturated rings. The SMILES string of the molecule is CCOCc1cc2c(C)nccn2n1. The van der Waals surface area contributed by atoms with Crippen molar-refractivity contribution in [2.75, 3.05) is 6.61 Å². The van der Waals surface area contributed by atoms with Crippen molar-refractivity contribution in [2.45, 2.75) is 20.5 Å². The lowest BCUT2D eigenvalue weighted by atomic mass is 10.3. The maximum atomic E-state index is 5.29. The van der Waals surface area contributed by atoms with Crippen LogP contribution in [0.4, 0.5) is 0 Å². The average Bonchev–Trinajstić information content (AvgIpc) is 2.59. The molecule has 0 aliphatic heterocycles. The summed E-state index contributed by atoms with van der Waals surface area (Å²) in [6.07, 6.45) is 3.59. The maximum Gasteiger partial charge on any atom is 0.0906 e. The van der Waals surface area contributed by atoms with Gasteiger partial charge >= 0.3 is 0 Å². The molecular weight excluding hydrogens is 178 g/mol. The average molecular weight is 191 g/mol. The Morgan fingerprint density at radius 2 is 2.36 bits per heavy atom. The van der Waals surface area contributed by atoms with Crippen molar-refractivity contribution in [1.82, 2.24) is 14.6 Å². The van der Waals surface area contributed by atoms with Gasteiger partial charge in [-0.1, -0.05) is 0 Å². The predicted octanol–water partition coefficient (Wildman–Crippen LogP) is 1.57. The monoisotopic (exact) mass is 191 g/mol. The third-order valence-corrected chi connectivity index (χ3v) is 2.09. The fourth-order valence-electron chi connectivity index (χ4n) is 1.38. The second kappa shape index (κ2) is 3.75. The molecule has 0 bridgehead atoms. The molecule has 0 spiro atoms. The first-order valence-corrected chi connectivity index (χ1v) is 4.69. The fraction of sp³-hybridized carbons (Fsp3) is 0.400. The Balaban J connectivity index is 2.36. The molecule has 4 nitrogen and oxygen atoms in total. The van der Waals surface area contributed by atoms with Crippen LogP contribution >= 0.6 is 0 Å². The van der Waals surface area contributed by atoms with E-state index in [4.69, 9.17) is 4.74 Å². The van der Waals surface area contributed by atoms with Crippen LogP contribution in [0.1, 0.15) is 18.3 Å². The van der Waals surface area contributed by atoms with Crippen LogP contribution in [0.3, 0.4) is 0 Å². The maximum absolute atomic E-state index is 5.29. The van der Waals surface area contributed by atoms with Gasteiger partial charge in [0.15, 0.2) is 0 Å². The van der Waals surface area contributed by atoms with Crippen molar-refractivity contribution >= 4 is 5.52 Å². The van der Waals surface area contributed by atoms with Gasteiger partial charge in [-0.2, -0.15) is 5.10 Å². The van der Waals surface area contributed by atoms with Crippen molar-refractivity contribution in [3.05, 3.63) is 29.8 Å². The van der Waals surface area contributed by atoms with E-state index in [0.29, 0.717) is 13.2 Å². The van der Waals surface area contributed by atoms with E-state index in [1.165, 1.54) is 0 Å². The first-order chi connectivity index (χ1) is 6.81. The largest absolute Gasteiger partial charge is 0.375 e. The minimum Gasteiger partial charge on any atom is -0.375 e. The number of aryl methyl sites for hydroxylation is 1. The van der Waals surface area contributed by atoms with Crippen LogP contribution in [-0.4, -0.2) is 21.2 Å². The Kier molecular flexibility index (Phi) is 2.45. The molecule has 14 heavy (non-hydrogen) atoms. The molecule has 0 amide bonds. The lowest BCUT2D eigenvalue weighted by Crippen LogP contribution is -1.94. The van der Waals surface area contributed by atoms with Crippen molar-refractivity contribution in [2.24, 2.45) is 0 Å². The van der Waals surface area contributed by atoms with Gasteiger partial charge in [0.2, 0.25) is 0 Å². The minimum absolute atomic E-state index is 0.567. The second-order valence-corrected chi connectivity index (χ2v) is 3.12. The molecule has 2 rings (SSSR count). The molecule has 0 aromatic carbocycles. The summed E-state index contributed by atoms with van der Waals surface area (Å²) < 4.78 is 7.12. The summed E-state index contributed by atoms with van der Waals surface area (Å²) in [6.45, 7) is 5.23. The Bertz CT molecular complexity index is 436. The third-order valence-electron chi connectivity index (χ3n) is 2.09. The van der Waals surface area contributed by atoms with Crippen molar-refractivity contribution in [3.63, 3.8) is 0 Å². The van der Waals surface area contributed by atoms with E-state index >= 15 is 0 Å². The molecule has 0 saturated carbocycles. The van der Waals surface area contributed by atoms with Gasteiger partial charge in [-0.15, -0.1) is 0 Å². The van der Waals surface area contributed by atoms with Gasteiger partial charge in [-0.3, -0.25) is 4.98 Å². The zero-order chi connectivity index (χ0) is 9.97. The Hall–Kier alpha value is -1.42. The van der Waals surface area contributed by atoms with Crippen LogP contribution in [0.2, 0.25) is 0 Å². The lowest BCUT2D eigenvalue weighted by Gasteiger charge is -1.94. The van der Waals surface area contributed by atoms with Crippen molar-refractivity contribution in [1.29, 1.82) is 0 Å². The highest BCUT2D eigenvalue weighted by Crippen LogP contribution is 2.09. The van der Waals surface area contributed by atoms with Crippen molar-refractivity contribution < 1.29 is 4.74 Å². The Morgan fingerprint density at radius 3 is 3.07 bits per heavy atom. The Labute approximate surface area is 82.5 Å². The van der Waals surface area contributed by atoms with Crippen LogP contribution < -0.4 is 0 Å². The molecule has 0 aliphatic carbocycles. The molecule has 0 N–H and O–H groups in total. The topological polar surface area (TPSA) is 39.4 Å². The number of rotatable bonds is 3. The highest BCUT2D eigenvalue weighted by molar-refractivity contribution is 5.51. The second-order valence-electron chi connectivity index (χ2n) is 3.12. The molecule has 4 heteroatoms. The number of hydrogen-bond acceptors (Lipinski definition) is 3. The number of hydrogen-bond donors (Lipinski definition) is 0. The summed E-state index contributed by atoms with van der Waals surface area (Å²) >= 11 is 0. The Morgan fingerprint density at radius 1 is 1.50 bits per heavy atom. The van der Waals surface area contributed by atoms with Crippen LogP contribution in [0.15, 0.2) is 18.5 Å². The first-order valence-electron chi connectivity index (χ1n) is 4.69. The summed E-state index contributed by atoms with van der Waals surface area (Å²) in [5.41, 5.74) is 2.98. The van der Waals surface area contributed by atoms with Crippen molar-refractivity contribution in [3.8, 4) is 0 Å². The predicted molar refractivity (Wildman–Crippen MR) is 53.1 cm³/mol. The molecule has 0 unspecified atom stereocenters. The molecule has 0 aliphatic rings. The summed E-state index contributed by atoms with van der Waals surface area (Å²) in [5.74, 6) is 0. The van der Waals surface area contributed by atoms with E-state index in [2.05, 4.69) is 10.1 Å². The summed E-state index contributed by atoms with van der Waals surface area (Å²) in [4.78, 5) is 4.20. The van der Waals surface area contributed by atoms with E-state index in [1.54, 1.807) is 6.20 Å².